The van der Waals surface area contributed by atoms with Crippen LogP contribution in [0.1, 0.15) is 91.1 Å². The SMILES string of the molecule is C#CCCC1C(=O)C(C)(C)C(O)CC(=O)OC(C(C)=Cc2coc(C)n2)CC2OC2(C)CCCC(C)C1O. The minimum Gasteiger partial charge on any atom is -0.458 e. The maximum absolute atomic E-state index is 13.6. The standard InChI is InChI=1S/C30H43NO7/c1-8-9-12-22-27(34)18(2)11-10-13-30(7)25(38-30)15-23(19(3)14-21-17-36-20(4)31-21)37-26(33)16-24(32)29(5,6)28(22)35/h1,14,17-18,22-25,27,32,34H,9-13,15-16H2,2-7H3. The zero-order valence-electron chi connectivity index (χ0n) is 23.5. The molecule has 3 heterocycles. The summed E-state index contributed by atoms with van der Waals surface area (Å²) < 4.78 is 17.2. The molecule has 2 saturated heterocycles. The summed E-state index contributed by atoms with van der Waals surface area (Å²) in [5.41, 5.74) is -0.231. The summed E-state index contributed by atoms with van der Waals surface area (Å²) in [6, 6.07) is 0. The van der Waals surface area contributed by atoms with Crippen molar-refractivity contribution in [2.45, 2.75) is 117 Å². The number of epoxide rings is 1. The molecule has 1 aromatic heterocycles. The van der Waals surface area contributed by atoms with Crippen LogP contribution in [-0.2, 0) is 19.1 Å². The van der Waals surface area contributed by atoms with E-state index in [1.165, 1.54) is 6.26 Å². The van der Waals surface area contributed by atoms with Crippen LogP contribution in [-0.4, -0.2) is 57.0 Å². The summed E-state index contributed by atoms with van der Waals surface area (Å²) in [5.74, 6) is 1.30. The van der Waals surface area contributed by atoms with Gasteiger partial charge in [0.2, 0.25) is 0 Å². The molecule has 8 nitrogen and oxygen atoms in total. The first-order chi connectivity index (χ1) is 17.8. The van der Waals surface area contributed by atoms with Crippen LogP contribution < -0.4 is 0 Å². The van der Waals surface area contributed by atoms with Gasteiger partial charge in [-0.1, -0.05) is 27.2 Å². The Kier molecular flexibility index (Phi) is 9.62. The lowest BCUT2D eigenvalue weighted by atomic mass is 9.71. The number of carbonyl (C=O) groups excluding carboxylic acids is 2. The number of ketones is 1. The normalized spacial score (nSPS) is 35.2. The van der Waals surface area contributed by atoms with Gasteiger partial charge in [0.05, 0.1) is 35.7 Å². The number of Topliss-reactive ketones (excluding diaryl/α,β-unsaturated/α-hetero) is 1. The zero-order valence-corrected chi connectivity index (χ0v) is 23.5. The van der Waals surface area contributed by atoms with Crippen LogP contribution in [0.4, 0.5) is 0 Å². The number of cyclic esters (lactones) is 1. The quantitative estimate of drug-likeness (QED) is 0.334. The molecule has 7 unspecified atom stereocenters. The van der Waals surface area contributed by atoms with Gasteiger partial charge in [-0.25, -0.2) is 4.98 Å². The van der Waals surface area contributed by atoms with Crippen LogP contribution in [0.3, 0.4) is 0 Å². The summed E-state index contributed by atoms with van der Waals surface area (Å²) >= 11 is 0. The Morgan fingerprint density at radius 3 is 2.63 bits per heavy atom. The third-order valence-electron chi connectivity index (χ3n) is 8.35. The smallest absolute Gasteiger partial charge is 0.309 e. The number of aromatic nitrogens is 1. The number of hydrogen-bond acceptors (Lipinski definition) is 8. The molecule has 7 atom stereocenters. The molecule has 0 aliphatic carbocycles. The molecule has 2 fully saturated rings. The topological polar surface area (TPSA) is 122 Å². The van der Waals surface area contributed by atoms with Crippen LogP contribution in [0.2, 0.25) is 0 Å². The van der Waals surface area contributed by atoms with E-state index in [2.05, 4.69) is 10.9 Å². The maximum atomic E-state index is 13.6. The lowest BCUT2D eigenvalue weighted by Crippen LogP contribution is -2.46. The summed E-state index contributed by atoms with van der Waals surface area (Å²) in [4.78, 5) is 31.0. The van der Waals surface area contributed by atoms with E-state index in [1.54, 1.807) is 20.8 Å². The van der Waals surface area contributed by atoms with E-state index in [0.717, 1.165) is 24.8 Å². The van der Waals surface area contributed by atoms with Gasteiger partial charge in [0, 0.05) is 25.7 Å². The first kappa shape index (κ1) is 30.1. The first-order valence-corrected chi connectivity index (χ1v) is 13.6. The molecule has 0 bridgehead atoms. The minimum absolute atomic E-state index is 0.0952. The largest absolute Gasteiger partial charge is 0.458 e. The number of esters is 1. The lowest BCUT2D eigenvalue weighted by Gasteiger charge is -2.36. The predicted molar refractivity (Wildman–Crippen MR) is 143 cm³/mol. The number of nitrogens with zero attached hydrogens (tertiary/aromatic N) is 1. The van der Waals surface area contributed by atoms with Gasteiger partial charge in [0.1, 0.15) is 23.8 Å². The fraction of sp³-hybridized carbons (Fsp3) is 0.700. The molecular weight excluding hydrogens is 486 g/mol. The average molecular weight is 530 g/mol. The molecule has 38 heavy (non-hydrogen) atoms. The number of terminal acetylenes is 1. The van der Waals surface area contributed by atoms with Gasteiger partial charge in [-0.05, 0) is 50.7 Å². The molecular formula is C30H43NO7. The molecule has 8 heteroatoms. The Morgan fingerprint density at radius 1 is 1.29 bits per heavy atom. The number of aryl methyl sites for hydroxylation is 1. The Labute approximate surface area is 226 Å². The van der Waals surface area contributed by atoms with E-state index in [9.17, 15) is 19.8 Å². The van der Waals surface area contributed by atoms with Crippen molar-refractivity contribution in [3.63, 3.8) is 0 Å². The summed E-state index contributed by atoms with van der Waals surface area (Å²) in [7, 11) is 0. The number of rotatable bonds is 4. The average Bonchev–Trinajstić information content (AvgIpc) is 3.29. The highest BCUT2D eigenvalue weighted by molar-refractivity contribution is 5.88. The van der Waals surface area contributed by atoms with Crippen molar-refractivity contribution >= 4 is 17.8 Å². The molecule has 0 aromatic carbocycles. The number of carbonyl (C=O) groups is 2. The molecule has 210 valence electrons. The molecule has 2 aliphatic heterocycles. The van der Waals surface area contributed by atoms with Gasteiger partial charge in [0.15, 0.2) is 5.89 Å². The molecule has 1 aromatic rings. The van der Waals surface area contributed by atoms with Crippen molar-refractivity contribution in [1.29, 1.82) is 0 Å². The molecule has 0 radical (unpaired) electrons. The van der Waals surface area contributed by atoms with E-state index in [4.69, 9.17) is 20.3 Å². The number of oxazole rings is 1. The number of ether oxygens (including phenoxy) is 2. The van der Waals surface area contributed by atoms with Crippen molar-refractivity contribution in [1.82, 2.24) is 4.98 Å². The number of hydrogen-bond donors (Lipinski definition) is 2. The van der Waals surface area contributed by atoms with E-state index in [-0.39, 0.29) is 29.8 Å². The zero-order chi connectivity index (χ0) is 28.3. The Morgan fingerprint density at radius 2 is 2.00 bits per heavy atom. The monoisotopic (exact) mass is 529 g/mol. The Hall–Kier alpha value is -2.47. The van der Waals surface area contributed by atoms with Crippen LogP contribution in [0.25, 0.3) is 6.08 Å². The Balaban J connectivity index is 1.88. The van der Waals surface area contributed by atoms with Gasteiger partial charge in [0.25, 0.3) is 0 Å². The van der Waals surface area contributed by atoms with E-state index in [0.29, 0.717) is 30.8 Å². The fourth-order valence-corrected chi connectivity index (χ4v) is 5.40. The van der Waals surface area contributed by atoms with E-state index >= 15 is 0 Å². The molecule has 2 aliphatic rings. The van der Waals surface area contributed by atoms with Crippen LogP contribution >= 0.6 is 0 Å². The number of aliphatic hydroxyl groups is 2. The van der Waals surface area contributed by atoms with Gasteiger partial charge in [-0.2, -0.15) is 0 Å². The highest BCUT2D eigenvalue weighted by atomic mass is 16.6. The van der Waals surface area contributed by atoms with Gasteiger partial charge in [-0.15, -0.1) is 12.3 Å². The second-order valence-corrected chi connectivity index (χ2v) is 11.8. The maximum Gasteiger partial charge on any atom is 0.309 e. The van der Waals surface area contributed by atoms with E-state index < -0.39 is 35.6 Å². The summed E-state index contributed by atoms with van der Waals surface area (Å²) in [6.45, 7) is 10.8. The van der Waals surface area contributed by atoms with Crippen LogP contribution in [0.15, 0.2) is 16.3 Å². The molecule has 2 N–H and O–H groups in total. The van der Waals surface area contributed by atoms with Gasteiger partial charge in [-0.3, -0.25) is 9.59 Å². The predicted octanol–water partition coefficient (Wildman–Crippen LogP) is 4.40. The van der Waals surface area contributed by atoms with Crippen molar-refractivity contribution < 1.29 is 33.7 Å². The molecule has 0 amide bonds. The van der Waals surface area contributed by atoms with Crippen molar-refractivity contribution in [2.24, 2.45) is 17.3 Å². The number of aliphatic hydroxyl groups excluding tert-OH is 2. The van der Waals surface area contributed by atoms with Crippen molar-refractivity contribution in [3.8, 4) is 12.3 Å². The second kappa shape index (κ2) is 12.1. The highest BCUT2D eigenvalue weighted by Gasteiger charge is 2.53. The van der Waals surface area contributed by atoms with E-state index in [1.807, 2.05) is 26.8 Å². The molecule has 0 saturated carbocycles. The summed E-state index contributed by atoms with van der Waals surface area (Å²) in [6.07, 6.45) is 9.02. The lowest BCUT2D eigenvalue weighted by molar-refractivity contribution is -0.154. The molecule has 0 spiro atoms. The third-order valence-corrected chi connectivity index (χ3v) is 8.35. The second-order valence-electron chi connectivity index (χ2n) is 11.8. The number of fused-ring (bicyclic) bond motifs is 1. The Bertz CT molecular complexity index is 1070. The van der Waals surface area contributed by atoms with Crippen molar-refractivity contribution in [2.75, 3.05) is 0 Å². The first-order valence-electron chi connectivity index (χ1n) is 13.6. The van der Waals surface area contributed by atoms with Gasteiger partial charge >= 0.3 is 5.97 Å². The molecule has 3 rings (SSSR count). The van der Waals surface area contributed by atoms with Crippen molar-refractivity contribution in [3.05, 3.63) is 23.4 Å². The highest BCUT2D eigenvalue weighted by Crippen LogP contribution is 2.45. The van der Waals surface area contributed by atoms with Crippen LogP contribution in [0, 0.1) is 36.5 Å². The van der Waals surface area contributed by atoms with Crippen LogP contribution in [0.5, 0.6) is 0 Å². The fourth-order valence-electron chi connectivity index (χ4n) is 5.40. The summed E-state index contributed by atoms with van der Waals surface area (Å²) in [5, 5.41) is 22.2. The third kappa shape index (κ3) is 7.13. The minimum atomic E-state index is -1.29. The van der Waals surface area contributed by atoms with Gasteiger partial charge < -0.3 is 24.1 Å².